The van der Waals surface area contributed by atoms with Crippen molar-refractivity contribution >= 4 is 11.9 Å². The van der Waals surface area contributed by atoms with Gasteiger partial charge in [0, 0.05) is 18.9 Å². The van der Waals surface area contributed by atoms with Crippen molar-refractivity contribution in [2.24, 2.45) is 21.6 Å². The van der Waals surface area contributed by atoms with Crippen molar-refractivity contribution in [3.8, 4) is 11.5 Å². The Labute approximate surface area is 192 Å². The van der Waals surface area contributed by atoms with Crippen molar-refractivity contribution in [3.05, 3.63) is 47.8 Å². The maximum Gasteiger partial charge on any atom is 0.261 e. The number of hydrogen-bond acceptors (Lipinski definition) is 9. The van der Waals surface area contributed by atoms with Crippen molar-refractivity contribution in [1.29, 1.82) is 0 Å². The molecular weight excluding hydrogens is 418 g/mol. The van der Waals surface area contributed by atoms with E-state index in [1.54, 1.807) is 12.4 Å². The Morgan fingerprint density at radius 2 is 2.09 bits per heavy atom. The second kappa shape index (κ2) is 8.60. The second-order valence-corrected chi connectivity index (χ2v) is 9.20. The lowest BCUT2D eigenvalue weighted by Crippen LogP contribution is -2.29. The maximum absolute atomic E-state index is 5.78. The molecule has 0 spiro atoms. The highest BCUT2D eigenvalue weighted by Crippen LogP contribution is 2.50. The van der Waals surface area contributed by atoms with Gasteiger partial charge < -0.3 is 15.2 Å². The third kappa shape index (κ3) is 4.36. The van der Waals surface area contributed by atoms with Gasteiger partial charge in [0.2, 0.25) is 0 Å². The van der Waals surface area contributed by atoms with E-state index in [1.807, 2.05) is 37.2 Å². The number of nitrogens with two attached hydrogens (primary N) is 1. The minimum absolute atomic E-state index is 0.265. The molecular formula is C23H29N9O. The average molecular weight is 448 g/mol. The predicted molar refractivity (Wildman–Crippen MR) is 125 cm³/mol. The predicted octanol–water partition coefficient (Wildman–Crippen LogP) is 1.76. The summed E-state index contributed by atoms with van der Waals surface area (Å²) in [5.41, 5.74) is 8.83. The summed E-state index contributed by atoms with van der Waals surface area (Å²) in [6.07, 6.45) is 9.30. The van der Waals surface area contributed by atoms with E-state index in [0.717, 1.165) is 48.5 Å². The first-order valence-electron chi connectivity index (χ1n) is 11.3. The van der Waals surface area contributed by atoms with Crippen molar-refractivity contribution in [2.45, 2.75) is 37.9 Å². The molecule has 3 aromatic rings. The van der Waals surface area contributed by atoms with Crippen LogP contribution in [0.15, 0.2) is 45.2 Å². The minimum atomic E-state index is -0.376. The summed E-state index contributed by atoms with van der Waals surface area (Å²) in [6, 6.07) is 4.06. The van der Waals surface area contributed by atoms with Crippen LogP contribution in [0.3, 0.4) is 0 Å². The molecule has 1 aliphatic heterocycles. The van der Waals surface area contributed by atoms with Gasteiger partial charge in [-0.2, -0.15) is 10.1 Å². The molecule has 0 bridgehead atoms. The van der Waals surface area contributed by atoms with E-state index < -0.39 is 0 Å². The van der Waals surface area contributed by atoms with Gasteiger partial charge in [0.05, 0.1) is 42.2 Å². The topological polar surface area (TPSA) is 124 Å². The summed E-state index contributed by atoms with van der Waals surface area (Å²) < 4.78 is 7.57. The Morgan fingerprint density at radius 1 is 1.24 bits per heavy atom. The zero-order valence-electron chi connectivity index (χ0n) is 19.2. The van der Waals surface area contributed by atoms with Gasteiger partial charge in [-0.25, -0.2) is 0 Å². The first-order chi connectivity index (χ1) is 15.9. The van der Waals surface area contributed by atoms with Crippen molar-refractivity contribution < 1.29 is 4.52 Å². The van der Waals surface area contributed by atoms with Crippen LogP contribution in [0, 0.1) is 5.92 Å². The molecule has 0 amide bonds. The van der Waals surface area contributed by atoms with Gasteiger partial charge in [0.1, 0.15) is 11.9 Å². The Kier molecular flexibility index (Phi) is 5.63. The average Bonchev–Trinajstić information content (AvgIpc) is 3.37. The van der Waals surface area contributed by atoms with Crippen LogP contribution in [0.5, 0.6) is 0 Å². The highest BCUT2D eigenvalue weighted by atomic mass is 16.5. The first kappa shape index (κ1) is 21.6. The zero-order valence-corrected chi connectivity index (χ0v) is 19.2. The van der Waals surface area contributed by atoms with Crippen LogP contribution in [0.1, 0.15) is 36.8 Å². The van der Waals surface area contributed by atoms with Crippen LogP contribution < -0.4 is 5.73 Å². The molecule has 4 heterocycles. The van der Waals surface area contributed by atoms with E-state index in [2.05, 4.69) is 43.1 Å². The van der Waals surface area contributed by atoms with E-state index in [4.69, 9.17) is 15.2 Å². The third-order valence-corrected chi connectivity index (χ3v) is 6.40. The monoisotopic (exact) mass is 447 g/mol. The molecule has 0 radical (unpaired) electrons. The SMILES string of the molecule is CN(C)CCn1cc(-c2nc([C@@](C)(c3ccc(C4=NCC(N)N=C4)nc3)C3CC3)no2)cn1. The molecule has 3 aromatic heterocycles. The van der Waals surface area contributed by atoms with Crippen LogP contribution in [0.4, 0.5) is 0 Å². The second-order valence-electron chi connectivity index (χ2n) is 9.20. The fraction of sp³-hybridized carbons (Fsp3) is 0.478. The lowest BCUT2D eigenvalue weighted by Gasteiger charge is -2.26. The molecule has 1 fully saturated rings. The number of aromatic nitrogens is 5. The summed E-state index contributed by atoms with van der Waals surface area (Å²) in [6.45, 7) is 4.36. The van der Waals surface area contributed by atoms with Gasteiger partial charge >= 0.3 is 0 Å². The highest BCUT2D eigenvalue weighted by molar-refractivity contribution is 6.37. The van der Waals surface area contributed by atoms with E-state index in [0.29, 0.717) is 24.2 Å². The molecule has 2 atom stereocenters. The summed E-state index contributed by atoms with van der Waals surface area (Å²) in [5.74, 6) is 1.62. The number of likely N-dealkylation sites (N-methyl/N-ethyl adjacent to an activating group) is 1. The lowest BCUT2D eigenvalue weighted by molar-refractivity contribution is 0.373. The minimum Gasteiger partial charge on any atom is -0.334 e. The Hall–Kier alpha value is -3.24. The molecule has 10 nitrogen and oxygen atoms in total. The Morgan fingerprint density at radius 3 is 2.76 bits per heavy atom. The van der Waals surface area contributed by atoms with Gasteiger partial charge in [-0.1, -0.05) is 11.2 Å². The standard InChI is InChI=1S/C23H29N9O/c1-23(16-4-5-16,17-6-7-18(25-11-17)19-12-27-20(24)13-26-19)22-29-21(33-30-22)15-10-28-32(14-15)9-8-31(2)3/h6-7,10-12,14,16,20H,4-5,8-9,13,24H2,1-3H3/t20?,23-/m1/s1. The van der Waals surface area contributed by atoms with Crippen molar-refractivity contribution in [3.63, 3.8) is 0 Å². The van der Waals surface area contributed by atoms with Gasteiger partial charge in [-0.15, -0.1) is 0 Å². The molecule has 1 unspecified atom stereocenters. The highest BCUT2D eigenvalue weighted by Gasteiger charge is 2.47. The van der Waals surface area contributed by atoms with Gasteiger partial charge in [-0.05, 0) is 51.4 Å². The van der Waals surface area contributed by atoms with Crippen LogP contribution in [0.25, 0.3) is 11.5 Å². The van der Waals surface area contributed by atoms with E-state index >= 15 is 0 Å². The van der Waals surface area contributed by atoms with E-state index in [-0.39, 0.29) is 11.6 Å². The van der Waals surface area contributed by atoms with Gasteiger partial charge in [0.15, 0.2) is 5.82 Å². The number of hydrogen-bond donors (Lipinski definition) is 1. The first-order valence-corrected chi connectivity index (χ1v) is 11.3. The molecule has 1 aliphatic carbocycles. The molecule has 2 aliphatic rings. The number of nitrogens with zero attached hydrogens (tertiary/aromatic N) is 8. The van der Waals surface area contributed by atoms with Crippen LogP contribution in [-0.2, 0) is 12.0 Å². The normalized spacial score (nSPS) is 20.2. The molecule has 172 valence electrons. The van der Waals surface area contributed by atoms with Crippen LogP contribution >= 0.6 is 0 Å². The van der Waals surface area contributed by atoms with Crippen molar-refractivity contribution in [2.75, 3.05) is 27.2 Å². The third-order valence-electron chi connectivity index (χ3n) is 6.40. The molecule has 2 N–H and O–H groups in total. The Balaban J connectivity index is 1.39. The quantitative estimate of drug-likeness (QED) is 0.558. The Bertz CT molecular complexity index is 1170. The molecule has 10 heteroatoms. The summed E-state index contributed by atoms with van der Waals surface area (Å²) >= 11 is 0. The maximum atomic E-state index is 5.78. The van der Waals surface area contributed by atoms with Crippen molar-refractivity contribution in [1.82, 2.24) is 29.8 Å². The fourth-order valence-corrected chi connectivity index (χ4v) is 4.10. The number of pyridine rings is 1. The fourth-order valence-electron chi connectivity index (χ4n) is 4.10. The number of aliphatic imine (C=N–C) groups is 2. The molecule has 1 saturated carbocycles. The summed E-state index contributed by atoms with van der Waals surface area (Å²) in [7, 11) is 4.08. The van der Waals surface area contributed by atoms with E-state index in [1.165, 1.54) is 0 Å². The van der Waals surface area contributed by atoms with Gasteiger partial charge in [0.25, 0.3) is 5.89 Å². The smallest absolute Gasteiger partial charge is 0.261 e. The summed E-state index contributed by atoms with van der Waals surface area (Å²) in [4.78, 5) is 20.3. The van der Waals surface area contributed by atoms with Crippen LogP contribution in [-0.4, -0.2) is 75.1 Å². The number of rotatable bonds is 8. The van der Waals surface area contributed by atoms with E-state index in [9.17, 15) is 0 Å². The molecule has 5 rings (SSSR count). The molecule has 0 aromatic carbocycles. The summed E-state index contributed by atoms with van der Waals surface area (Å²) in [5, 5.41) is 8.81. The molecule has 33 heavy (non-hydrogen) atoms. The lowest BCUT2D eigenvalue weighted by atomic mass is 9.77. The van der Waals surface area contributed by atoms with Crippen LogP contribution in [0.2, 0.25) is 0 Å². The largest absolute Gasteiger partial charge is 0.334 e. The molecule has 0 saturated heterocycles. The van der Waals surface area contributed by atoms with Gasteiger partial charge in [-0.3, -0.25) is 19.7 Å². The zero-order chi connectivity index (χ0) is 23.0.